The van der Waals surface area contributed by atoms with Crippen LogP contribution in [-0.4, -0.2) is 15.5 Å². The van der Waals surface area contributed by atoms with Gasteiger partial charge in [0.1, 0.15) is 0 Å². The normalized spacial score (nSPS) is 13.9. The van der Waals surface area contributed by atoms with Crippen molar-refractivity contribution < 1.29 is 8.42 Å². The molecular weight excluding hydrogens is 198 g/mol. The number of hydrogen-bond donors (Lipinski definition) is 1. The van der Waals surface area contributed by atoms with Crippen LogP contribution < -0.4 is 4.72 Å². The van der Waals surface area contributed by atoms with Crippen LogP contribution in [-0.2, 0) is 10.0 Å². The van der Waals surface area contributed by atoms with Gasteiger partial charge in [-0.05, 0) is 26.5 Å². The second kappa shape index (κ2) is 4.11. The van der Waals surface area contributed by atoms with Gasteiger partial charge in [-0.25, -0.2) is 13.1 Å². The molecule has 0 bridgehead atoms. The maximum Gasteiger partial charge on any atom is 0.218 e. The van der Waals surface area contributed by atoms with E-state index in [1.54, 1.807) is 6.92 Å². The van der Waals surface area contributed by atoms with E-state index in [9.17, 15) is 8.42 Å². The highest BCUT2D eigenvalue weighted by Gasteiger charge is 2.19. The van der Waals surface area contributed by atoms with Gasteiger partial charge < -0.3 is 0 Å². The number of rotatable bonds is 3. The van der Waals surface area contributed by atoms with Crippen molar-refractivity contribution in [3.05, 3.63) is 35.4 Å². The molecule has 4 heteroatoms. The molecule has 0 saturated carbocycles. The molecule has 0 aromatic heterocycles. The summed E-state index contributed by atoms with van der Waals surface area (Å²) in [6, 6.07) is 7.51. The van der Waals surface area contributed by atoms with E-state index in [0.29, 0.717) is 0 Å². The fourth-order valence-electron chi connectivity index (χ4n) is 1.19. The zero-order chi connectivity index (χ0) is 10.8. The standard InChI is InChI=1S/C10H15NO2S/c1-8-4-6-10(7-5-8)9(2)14(12,13)11-3/h4-7,9,11H,1-3H3. The Morgan fingerprint density at radius 3 is 2.14 bits per heavy atom. The van der Waals surface area contributed by atoms with Crippen molar-refractivity contribution in [2.24, 2.45) is 0 Å². The van der Waals surface area contributed by atoms with Crippen molar-refractivity contribution in [1.82, 2.24) is 4.72 Å². The predicted molar refractivity (Wildman–Crippen MR) is 57.6 cm³/mol. The lowest BCUT2D eigenvalue weighted by molar-refractivity contribution is 0.578. The topological polar surface area (TPSA) is 46.2 Å². The first-order valence-corrected chi connectivity index (χ1v) is 6.01. The van der Waals surface area contributed by atoms with Gasteiger partial charge in [0.25, 0.3) is 0 Å². The average molecular weight is 213 g/mol. The largest absolute Gasteiger partial charge is 0.218 e. The van der Waals surface area contributed by atoms with Gasteiger partial charge in [-0.1, -0.05) is 29.8 Å². The molecule has 3 nitrogen and oxygen atoms in total. The molecule has 14 heavy (non-hydrogen) atoms. The summed E-state index contributed by atoms with van der Waals surface area (Å²) in [7, 11) is -1.78. The zero-order valence-corrected chi connectivity index (χ0v) is 9.43. The quantitative estimate of drug-likeness (QED) is 0.829. The van der Waals surface area contributed by atoms with E-state index in [0.717, 1.165) is 11.1 Å². The predicted octanol–water partition coefficient (Wildman–Crippen LogP) is 1.61. The van der Waals surface area contributed by atoms with Gasteiger partial charge >= 0.3 is 0 Å². The summed E-state index contributed by atoms with van der Waals surface area (Å²) in [4.78, 5) is 0. The summed E-state index contributed by atoms with van der Waals surface area (Å²) in [5, 5.41) is -0.506. The second-order valence-corrected chi connectivity index (χ2v) is 5.51. The lowest BCUT2D eigenvalue weighted by Gasteiger charge is -2.12. The lowest BCUT2D eigenvalue weighted by Crippen LogP contribution is -2.23. The molecule has 0 amide bonds. The third-order valence-electron chi connectivity index (χ3n) is 2.30. The van der Waals surface area contributed by atoms with E-state index < -0.39 is 15.3 Å². The number of benzene rings is 1. The third kappa shape index (κ3) is 2.33. The van der Waals surface area contributed by atoms with Crippen LogP contribution in [0.5, 0.6) is 0 Å². The Kier molecular flexibility index (Phi) is 3.29. The van der Waals surface area contributed by atoms with Crippen LogP contribution in [0.2, 0.25) is 0 Å². The molecule has 0 aliphatic heterocycles. The minimum atomic E-state index is -3.21. The molecule has 1 N–H and O–H groups in total. The fourth-order valence-corrected chi connectivity index (χ4v) is 2.06. The maximum atomic E-state index is 11.5. The molecule has 1 aromatic rings. The van der Waals surface area contributed by atoms with Gasteiger partial charge in [-0.15, -0.1) is 0 Å². The summed E-state index contributed by atoms with van der Waals surface area (Å²) in [6.07, 6.45) is 0. The summed E-state index contributed by atoms with van der Waals surface area (Å²) in [5.74, 6) is 0. The van der Waals surface area contributed by atoms with Crippen LogP contribution in [0.15, 0.2) is 24.3 Å². The summed E-state index contributed by atoms with van der Waals surface area (Å²) < 4.78 is 25.3. The van der Waals surface area contributed by atoms with Crippen LogP contribution in [0.3, 0.4) is 0 Å². The molecule has 0 spiro atoms. The molecule has 0 saturated heterocycles. The highest BCUT2D eigenvalue weighted by atomic mass is 32.2. The van der Waals surface area contributed by atoms with Gasteiger partial charge in [0.05, 0.1) is 5.25 Å². The van der Waals surface area contributed by atoms with Crippen molar-refractivity contribution in [2.75, 3.05) is 7.05 Å². The van der Waals surface area contributed by atoms with Crippen molar-refractivity contribution >= 4 is 10.0 Å². The summed E-state index contributed by atoms with van der Waals surface area (Å²) >= 11 is 0. The molecule has 0 aliphatic rings. The first kappa shape index (κ1) is 11.2. The van der Waals surface area contributed by atoms with Gasteiger partial charge in [0.2, 0.25) is 10.0 Å². The van der Waals surface area contributed by atoms with Crippen molar-refractivity contribution in [1.29, 1.82) is 0 Å². The highest BCUT2D eigenvalue weighted by Crippen LogP contribution is 2.20. The Labute approximate surface area is 85.2 Å². The summed E-state index contributed by atoms with van der Waals surface area (Å²) in [5.41, 5.74) is 1.94. The number of nitrogens with one attached hydrogen (secondary N) is 1. The molecule has 1 unspecified atom stereocenters. The molecule has 1 atom stereocenters. The molecule has 0 aliphatic carbocycles. The number of aryl methyl sites for hydroxylation is 1. The fraction of sp³-hybridized carbons (Fsp3) is 0.400. The Morgan fingerprint density at radius 1 is 1.21 bits per heavy atom. The molecule has 1 rings (SSSR count). The van der Waals surface area contributed by atoms with Crippen molar-refractivity contribution in [3.8, 4) is 0 Å². The van der Waals surface area contributed by atoms with E-state index >= 15 is 0 Å². The molecule has 78 valence electrons. The van der Waals surface area contributed by atoms with E-state index in [4.69, 9.17) is 0 Å². The molecular formula is C10H15NO2S. The Morgan fingerprint density at radius 2 is 1.71 bits per heavy atom. The van der Waals surface area contributed by atoms with Crippen molar-refractivity contribution in [2.45, 2.75) is 19.1 Å². The van der Waals surface area contributed by atoms with Gasteiger partial charge in [0.15, 0.2) is 0 Å². The monoisotopic (exact) mass is 213 g/mol. The van der Waals surface area contributed by atoms with Crippen LogP contribution >= 0.6 is 0 Å². The van der Waals surface area contributed by atoms with Gasteiger partial charge in [-0.3, -0.25) is 0 Å². The SMILES string of the molecule is CNS(=O)(=O)C(C)c1ccc(C)cc1. The van der Waals surface area contributed by atoms with E-state index in [2.05, 4.69) is 4.72 Å². The molecule has 0 heterocycles. The van der Waals surface area contributed by atoms with Crippen LogP contribution in [0, 0.1) is 6.92 Å². The van der Waals surface area contributed by atoms with Crippen LogP contribution in [0.1, 0.15) is 23.3 Å². The van der Waals surface area contributed by atoms with E-state index in [-0.39, 0.29) is 0 Å². The third-order valence-corrected chi connectivity index (χ3v) is 4.07. The van der Waals surface area contributed by atoms with Gasteiger partial charge in [-0.2, -0.15) is 0 Å². The lowest BCUT2D eigenvalue weighted by atomic mass is 10.1. The molecule has 0 fully saturated rings. The van der Waals surface area contributed by atoms with E-state index in [1.165, 1.54) is 7.05 Å². The maximum absolute atomic E-state index is 11.5. The number of hydrogen-bond acceptors (Lipinski definition) is 2. The first-order chi connectivity index (χ1) is 6.47. The molecule has 1 aromatic carbocycles. The van der Waals surface area contributed by atoms with Crippen molar-refractivity contribution in [3.63, 3.8) is 0 Å². The first-order valence-electron chi connectivity index (χ1n) is 4.46. The molecule has 0 radical (unpaired) electrons. The second-order valence-electron chi connectivity index (χ2n) is 3.30. The average Bonchev–Trinajstić information content (AvgIpc) is 2.18. The minimum Gasteiger partial charge on any atom is -0.218 e. The Hall–Kier alpha value is -0.870. The number of sulfonamides is 1. The van der Waals surface area contributed by atoms with Crippen LogP contribution in [0.25, 0.3) is 0 Å². The van der Waals surface area contributed by atoms with E-state index in [1.807, 2.05) is 31.2 Å². The summed E-state index contributed by atoms with van der Waals surface area (Å²) in [6.45, 7) is 3.65. The van der Waals surface area contributed by atoms with Crippen LogP contribution in [0.4, 0.5) is 0 Å². The smallest absolute Gasteiger partial charge is 0.218 e. The minimum absolute atomic E-state index is 0.506. The van der Waals surface area contributed by atoms with Gasteiger partial charge in [0, 0.05) is 0 Å². The highest BCUT2D eigenvalue weighted by molar-refractivity contribution is 7.89. The Bertz CT molecular complexity index is 395. The Balaban J connectivity index is 3.01. The zero-order valence-electron chi connectivity index (χ0n) is 8.61.